The largest absolute Gasteiger partial charge is 0.508 e. The Morgan fingerprint density at radius 1 is 0.821 bits per heavy atom. The van der Waals surface area contributed by atoms with Crippen molar-refractivity contribution in [3.63, 3.8) is 0 Å². The van der Waals surface area contributed by atoms with E-state index in [1.165, 1.54) is 31.2 Å². The molecule has 0 saturated carbocycles. The van der Waals surface area contributed by atoms with Crippen LogP contribution in [0.4, 0.5) is 0 Å². The summed E-state index contributed by atoms with van der Waals surface area (Å²) in [6.07, 6.45) is -21.2. The van der Waals surface area contributed by atoms with Crippen LogP contribution in [0.25, 0.3) is 22.3 Å². The van der Waals surface area contributed by atoms with Crippen LogP contribution in [0.5, 0.6) is 23.0 Å². The summed E-state index contributed by atoms with van der Waals surface area (Å²) >= 11 is 0. The molecule has 56 heavy (non-hydrogen) atoms. The van der Waals surface area contributed by atoms with Crippen LogP contribution in [-0.2, 0) is 25.4 Å². The monoisotopic (exact) mass is 794 g/mol. The maximum atomic E-state index is 14.6. The molecule has 14 atom stereocenters. The van der Waals surface area contributed by atoms with Crippen molar-refractivity contribution >= 4 is 11.0 Å². The van der Waals surface area contributed by atoms with Gasteiger partial charge in [0, 0.05) is 17.2 Å². The zero-order valence-electron chi connectivity index (χ0n) is 30.4. The summed E-state index contributed by atoms with van der Waals surface area (Å²) < 4.78 is 40.9. The number of phenols is 2. The Kier molecular flexibility index (Phi) is 12.6. The number of phenolic OH excluding ortho intramolecular Hbond substituents is 2. The van der Waals surface area contributed by atoms with Crippen molar-refractivity contribution in [3.05, 3.63) is 57.8 Å². The smallest absolute Gasteiger partial charge is 0.239 e. The maximum absolute atomic E-state index is 14.6. The molecule has 0 aliphatic carbocycles. The van der Waals surface area contributed by atoms with E-state index >= 15 is 0 Å². The van der Waals surface area contributed by atoms with Crippen molar-refractivity contribution in [1.82, 2.24) is 0 Å². The van der Waals surface area contributed by atoms with Crippen LogP contribution in [0.3, 0.4) is 0 Å². The first-order valence-corrected chi connectivity index (χ1v) is 17.8. The van der Waals surface area contributed by atoms with E-state index in [9.17, 15) is 61.0 Å². The van der Waals surface area contributed by atoms with Gasteiger partial charge in [0.25, 0.3) is 0 Å². The topological polar surface area (TPSA) is 308 Å². The van der Waals surface area contributed by atoms with Crippen LogP contribution in [-0.4, -0.2) is 155 Å². The Morgan fingerprint density at radius 2 is 1.50 bits per heavy atom. The summed E-state index contributed by atoms with van der Waals surface area (Å²) in [5, 5.41) is 115. The van der Waals surface area contributed by atoms with Gasteiger partial charge >= 0.3 is 0 Å². The summed E-state index contributed by atoms with van der Waals surface area (Å²) in [4.78, 5) is 14.6. The predicted octanol–water partition coefficient (Wildman–Crippen LogP) is -1.77. The molecule has 0 spiro atoms. The average molecular weight is 795 g/mol. The number of fused-ring (bicyclic) bond motifs is 1. The number of aliphatic hydroxyl groups excluding tert-OH is 9. The van der Waals surface area contributed by atoms with Gasteiger partial charge in [-0.25, -0.2) is 0 Å². The molecule has 4 heterocycles. The minimum Gasteiger partial charge on any atom is -0.508 e. The van der Waals surface area contributed by atoms with E-state index in [2.05, 4.69) is 0 Å². The van der Waals surface area contributed by atoms with Crippen LogP contribution in [0.15, 0.2) is 51.2 Å². The molecule has 1 aromatic heterocycles. The van der Waals surface area contributed by atoms with Crippen molar-refractivity contribution in [3.8, 4) is 34.3 Å². The lowest BCUT2D eigenvalue weighted by molar-refractivity contribution is -0.341. The van der Waals surface area contributed by atoms with Gasteiger partial charge in [0.05, 0.1) is 19.3 Å². The van der Waals surface area contributed by atoms with Crippen molar-refractivity contribution in [2.45, 2.75) is 113 Å². The molecule has 11 N–H and O–H groups in total. The van der Waals surface area contributed by atoms with Crippen molar-refractivity contribution in [2.24, 2.45) is 0 Å². The molecule has 3 aromatic rings. The third kappa shape index (κ3) is 8.09. The Bertz CT molecular complexity index is 1930. The van der Waals surface area contributed by atoms with Gasteiger partial charge in [-0.15, -0.1) is 0 Å². The minimum atomic E-state index is -1.83. The molecule has 3 fully saturated rings. The molecule has 19 nitrogen and oxygen atoms in total. The molecule has 3 saturated heterocycles. The SMILES string of the molecule is CC(C)=CCc1c(O[C@@H]2O[C@H](CO)[C@@H](O)[C@H](O)[C@H]2O)cc(O)c2c(=O)c(O[C@H]3O[C@@H](C)[C@H](O)[C@@H](O)[C@H]3O[C@@H]3OC[C@@H](O)[C@H](O)[C@H]3O)c(-c3ccc(O)cc3)oc12. The quantitative estimate of drug-likeness (QED) is 0.101. The van der Waals surface area contributed by atoms with Crippen LogP contribution >= 0.6 is 0 Å². The zero-order chi connectivity index (χ0) is 40.7. The van der Waals surface area contributed by atoms with Crippen molar-refractivity contribution < 1.29 is 89.0 Å². The fourth-order valence-electron chi connectivity index (χ4n) is 6.58. The van der Waals surface area contributed by atoms with Crippen LogP contribution in [0.2, 0.25) is 0 Å². The van der Waals surface area contributed by atoms with Gasteiger partial charge in [0.15, 0.2) is 18.2 Å². The number of allylic oxidation sites excluding steroid dienone is 2. The molecule has 3 aliphatic heterocycles. The van der Waals surface area contributed by atoms with Crippen LogP contribution < -0.4 is 14.9 Å². The molecule has 0 radical (unpaired) electrons. The molecule has 6 rings (SSSR count). The molecular formula is C37H46O19. The standard InChI is InChI=1S/C37H46O19/c1-13(2)4-9-17-20(52-36-30(49)27(46)25(44)21(11-38)53-36)10-18(40)22-26(45)33(31(54-32(17)22)15-5-7-16(39)8-6-15)55-37-34(28(47)23(42)14(3)51-37)56-35-29(48)24(43)19(41)12-50-35/h4-8,10,14,19,21,23-25,27-30,34-44,46-49H,9,11-12H2,1-3H3/t14-,19+,21+,23-,24-,25+,27-,28+,29+,30+,34+,35-,36+,37+/m0/s1. The highest BCUT2D eigenvalue weighted by atomic mass is 16.8. The zero-order valence-corrected chi connectivity index (χ0v) is 30.4. The Balaban J connectivity index is 1.49. The molecular weight excluding hydrogens is 748 g/mol. The number of benzene rings is 2. The van der Waals surface area contributed by atoms with Crippen LogP contribution in [0, 0.1) is 0 Å². The summed E-state index contributed by atoms with van der Waals surface area (Å²) in [6.45, 7) is 3.78. The second kappa shape index (κ2) is 16.9. The third-order valence-electron chi connectivity index (χ3n) is 9.87. The van der Waals surface area contributed by atoms with E-state index in [1.807, 2.05) is 0 Å². The summed E-state index contributed by atoms with van der Waals surface area (Å²) in [7, 11) is 0. The van der Waals surface area contributed by atoms with E-state index in [-0.39, 0.29) is 40.4 Å². The van der Waals surface area contributed by atoms with Crippen molar-refractivity contribution in [2.75, 3.05) is 13.2 Å². The first-order chi connectivity index (χ1) is 26.5. The van der Waals surface area contributed by atoms with E-state index in [0.717, 1.165) is 11.6 Å². The minimum absolute atomic E-state index is 0.00244. The number of hydrogen-bond acceptors (Lipinski definition) is 19. The lowest BCUT2D eigenvalue weighted by Crippen LogP contribution is -2.62. The maximum Gasteiger partial charge on any atom is 0.239 e. The van der Waals surface area contributed by atoms with E-state index in [0.29, 0.717) is 0 Å². The predicted molar refractivity (Wildman–Crippen MR) is 188 cm³/mol. The number of rotatable bonds is 10. The van der Waals surface area contributed by atoms with Gasteiger partial charge < -0.3 is 89.0 Å². The second-order valence-corrected chi connectivity index (χ2v) is 14.2. The summed E-state index contributed by atoms with van der Waals surface area (Å²) in [6, 6.07) is 6.37. The van der Waals surface area contributed by atoms with E-state index < -0.39 is 122 Å². The highest BCUT2D eigenvalue weighted by molar-refractivity contribution is 5.91. The molecule has 3 aliphatic rings. The van der Waals surface area contributed by atoms with Gasteiger partial charge in [-0.1, -0.05) is 11.6 Å². The molecule has 19 heteroatoms. The Hall–Kier alpha value is -3.93. The average Bonchev–Trinajstić information content (AvgIpc) is 3.16. The van der Waals surface area contributed by atoms with Gasteiger partial charge in [-0.2, -0.15) is 0 Å². The Labute approximate surface area is 318 Å². The number of ether oxygens (including phenoxy) is 6. The molecule has 0 amide bonds. The van der Waals surface area contributed by atoms with Gasteiger partial charge in [0.2, 0.25) is 23.8 Å². The molecule has 0 unspecified atom stereocenters. The summed E-state index contributed by atoms with van der Waals surface area (Å²) in [5.41, 5.74) is -0.140. The van der Waals surface area contributed by atoms with Crippen LogP contribution in [0.1, 0.15) is 26.3 Å². The molecule has 2 aromatic carbocycles. The lowest BCUT2D eigenvalue weighted by atomic mass is 9.98. The van der Waals surface area contributed by atoms with Gasteiger partial charge in [-0.05, 0) is 51.5 Å². The number of hydrogen-bond donors (Lipinski definition) is 11. The Morgan fingerprint density at radius 3 is 2.16 bits per heavy atom. The number of aliphatic hydroxyl groups is 9. The normalized spacial score (nSPS) is 34.9. The second-order valence-electron chi connectivity index (χ2n) is 14.2. The van der Waals surface area contributed by atoms with E-state index in [4.69, 9.17) is 32.8 Å². The first-order valence-electron chi connectivity index (χ1n) is 17.8. The fraction of sp³-hybridized carbons (Fsp3) is 0.541. The molecule has 308 valence electrons. The molecule has 0 bridgehead atoms. The van der Waals surface area contributed by atoms with Crippen molar-refractivity contribution in [1.29, 1.82) is 0 Å². The highest BCUT2D eigenvalue weighted by Gasteiger charge is 2.50. The fourth-order valence-corrected chi connectivity index (χ4v) is 6.58. The highest BCUT2D eigenvalue weighted by Crippen LogP contribution is 2.42. The van der Waals surface area contributed by atoms with E-state index in [1.54, 1.807) is 19.9 Å². The first kappa shape index (κ1) is 41.7. The number of aromatic hydroxyl groups is 2. The van der Waals surface area contributed by atoms with Gasteiger partial charge in [-0.3, -0.25) is 4.79 Å². The van der Waals surface area contributed by atoms with Gasteiger partial charge in [0.1, 0.15) is 83.2 Å². The summed E-state index contributed by atoms with van der Waals surface area (Å²) in [5.74, 6) is -1.95. The third-order valence-corrected chi connectivity index (χ3v) is 9.87. The lowest BCUT2D eigenvalue weighted by Gasteiger charge is -2.44.